The van der Waals surface area contributed by atoms with Crippen LogP contribution >= 0.6 is 11.8 Å². The van der Waals surface area contributed by atoms with E-state index in [9.17, 15) is 14.4 Å². The molecule has 1 N–H and O–H groups in total. The average molecular weight is 566 g/mol. The maximum Gasteiger partial charge on any atom is 0.262 e. The van der Waals surface area contributed by atoms with Gasteiger partial charge in [-0.15, -0.1) is 0 Å². The third kappa shape index (κ3) is 6.31. The van der Waals surface area contributed by atoms with Crippen LogP contribution in [0.5, 0.6) is 11.5 Å². The van der Waals surface area contributed by atoms with Crippen molar-refractivity contribution < 1.29 is 19.1 Å². The molecular formula is C32H27N3O5S. The van der Waals surface area contributed by atoms with Gasteiger partial charge in [-0.3, -0.25) is 19.0 Å². The summed E-state index contributed by atoms with van der Waals surface area (Å²) >= 11 is 1.20. The lowest BCUT2D eigenvalue weighted by molar-refractivity contribution is 0.101. The smallest absolute Gasteiger partial charge is 0.262 e. The van der Waals surface area contributed by atoms with Crippen LogP contribution in [0, 0.1) is 0 Å². The molecule has 0 saturated carbocycles. The lowest BCUT2D eigenvalue weighted by atomic mass is 10.1. The molecule has 1 amide bonds. The van der Waals surface area contributed by atoms with Crippen LogP contribution in [0.4, 0.5) is 5.69 Å². The van der Waals surface area contributed by atoms with E-state index >= 15 is 0 Å². The first-order valence-corrected chi connectivity index (χ1v) is 13.8. The molecule has 0 saturated heterocycles. The van der Waals surface area contributed by atoms with Crippen molar-refractivity contribution in [2.75, 3.05) is 25.3 Å². The summed E-state index contributed by atoms with van der Waals surface area (Å²) in [5, 5.41) is 3.62. The molecular weight excluding hydrogens is 538 g/mol. The topological polar surface area (TPSA) is 99.5 Å². The number of ketones is 1. The first-order valence-electron chi connectivity index (χ1n) is 12.8. The molecule has 9 heteroatoms. The second-order valence-electron chi connectivity index (χ2n) is 9.10. The molecule has 1 aromatic heterocycles. The molecule has 8 nitrogen and oxygen atoms in total. The van der Waals surface area contributed by atoms with Gasteiger partial charge in [0.2, 0.25) is 0 Å². The highest BCUT2D eigenvalue weighted by Gasteiger charge is 2.17. The highest BCUT2D eigenvalue weighted by atomic mass is 32.2. The van der Waals surface area contributed by atoms with Crippen LogP contribution in [0.25, 0.3) is 10.9 Å². The van der Waals surface area contributed by atoms with Gasteiger partial charge in [0.1, 0.15) is 0 Å². The molecule has 5 rings (SSSR count). The normalized spacial score (nSPS) is 10.8. The van der Waals surface area contributed by atoms with Crippen LogP contribution in [-0.4, -0.2) is 41.2 Å². The van der Waals surface area contributed by atoms with Crippen molar-refractivity contribution in [1.82, 2.24) is 9.55 Å². The number of benzene rings is 4. The monoisotopic (exact) mass is 565 g/mol. The average Bonchev–Trinajstić information content (AvgIpc) is 3.02. The molecule has 0 fully saturated rings. The number of ether oxygens (including phenoxy) is 2. The summed E-state index contributed by atoms with van der Waals surface area (Å²) in [6.07, 6.45) is 0. The van der Waals surface area contributed by atoms with Crippen LogP contribution in [0.15, 0.2) is 107 Å². The second-order valence-corrected chi connectivity index (χ2v) is 10.0. The zero-order valence-electron chi connectivity index (χ0n) is 22.5. The van der Waals surface area contributed by atoms with Crippen LogP contribution in [0.2, 0.25) is 0 Å². The Kier molecular flexibility index (Phi) is 8.45. The van der Waals surface area contributed by atoms with Gasteiger partial charge < -0.3 is 14.8 Å². The van der Waals surface area contributed by atoms with E-state index in [0.29, 0.717) is 50.9 Å². The zero-order valence-corrected chi connectivity index (χ0v) is 23.3. The summed E-state index contributed by atoms with van der Waals surface area (Å²) in [6.45, 7) is 0.298. The molecule has 0 spiro atoms. The van der Waals surface area contributed by atoms with Crippen molar-refractivity contribution in [3.63, 3.8) is 0 Å². The number of nitrogens with one attached hydrogen (secondary N) is 1. The third-order valence-corrected chi connectivity index (χ3v) is 7.41. The number of thioether (sulfide) groups is 1. The molecule has 0 aliphatic rings. The SMILES string of the molecule is COc1ccc(NC(=O)c2ccc3c(=O)n(Cc4ccccc4)c(SCC(=O)c4ccccc4)nc3c2)cc1OC. The second kappa shape index (κ2) is 12.5. The highest BCUT2D eigenvalue weighted by Crippen LogP contribution is 2.30. The molecule has 4 aromatic carbocycles. The van der Waals surface area contributed by atoms with Crippen molar-refractivity contribution >= 4 is 40.0 Å². The minimum Gasteiger partial charge on any atom is -0.493 e. The lowest BCUT2D eigenvalue weighted by Gasteiger charge is -2.14. The molecule has 206 valence electrons. The number of anilines is 1. The minimum atomic E-state index is -0.372. The van der Waals surface area contributed by atoms with E-state index in [0.717, 1.165) is 5.56 Å². The molecule has 0 aliphatic heterocycles. The van der Waals surface area contributed by atoms with Gasteiger partial charge in [-0.25, -0.2) is 4.98 Å². The van der Waals surface area contributed by atoms with E-state index in [2.05, 4.69) is 5.32 Å². The Hall–Kier alpha value is -4.89. The fourth-order valence-corrected chi connectivity index (χ4v) is 5.21. The summed E-state index contributed by atoms with van der Waals surface area (Å²) in [5.41, 5.74) is 2.49. The Labute approximate surface area is 241 Å². The summed E-state index contributed by atoms with van der Waals surface area (Å²) in [6, 6.07) is 28.5. The molecule has 0 atom stereocenters. The molecule has 0 radical (unpaired) electrons. The van der Waals surface area contributed by atoms with Crippen molar-refractivity contribution in [2.24, 2.45) is 0 Å². The first-order chi connectivity index (χ1) is 20.0. The Morgan fingerprint density at radius 2 is 1.54 bits per heavy atom. The Morgan fingerprint density at radius 1 is 0.829 bits per heavy atom. The quantitative estimate of drug-likeness (QED) is 0.132. The Morgan fingerprint density at radius 3 is 2.24 bits per heavy atom. The molecule has 5 aromatic rings. The van der Waals surface area contributed by atoms with Crippen LogP contribution in [0.3, 0.4) is 0 Å². The first kappa shape index (κ1) is 27.7. The number of hydrogen-bond donors (Lipinski definition) is 1. The number of amides is 1. The summed E-state index contributed by atoms with van der Waals surface area (Å²) in [4.78, 5) is 44.4. The molecule has 0 aliphatic carbocycles. The number of aromatic nitrogens is 2. The number of hydrogen-bond acceptors (Lipinski definition) is 7. The molecule has 0 unspecified atom stereocenters. The van der Waals surface area contributed by atoms with Gasteiger partial charge >= 0.3 is 0 Å². The van der Waals surface area contributed by atoms with Crippen LogP contribution in [0.1, 0.15) is 26.3 Å². The number of nitrogens with zero attached hydrogens (tertiary/aromatic N) is 2. The van der Waals surface area contributed by atoms with Gasteiger partial charge in [-0.1, -0.05) is 72.4 Å². The third-order valence-electron chi connectivity index (χ3n) is 6.44. The summed E-state index contributed by atoms with van der Waals surface area (Å²) in [5.74, 6) is 0.692. The largest absolute Gasteiger partial charge is 0.493 e. The van der Waals surface area contributed by atoms with E-state index < -0.39 is 0 Å². The fourth-order valence-electron chi connectivity index (χ4n) is 4.31. The van der Waals surface area contributed by atoms with Crippen molar-refractivity contribution in [2.45, 2.75) is 11.7 Å². The molecule has 1 heterocycles. The van der Waals surface area contributed by atoms with Gasteiger partial charge in [-0.05, 0) is 35.9 Å². The van der Waals surface area contributed by atoms with Crippen molar-refractivity contribution in [3.05, 3.63) is 124 Å². The lowest BCUT2D eigenvalue weighted by Crippen LogP contribution is -2.24. The minimum absolute atomic E-state index is 0.0701. The number of Topliss-reactive ketones (excluding diaryl/α,β-unsaturated/α-hetero) is 1. The van der Waals surface area contributed by atoms with Crippen molar-refractivity contribution in [3.8, 4) is 11.5 Å². The van der Waals surface area contributed by atoms with Crippen LogP contribution in [-0.2, 0) is 6.54 Å². The van der Waals surface area contributed by atoms with E-state index in [1.807, 2.05) is 48.5 Å². The highest BCUT2D eigenvalue weighted by molar-refractivity contribution is 7.99. The van der Waals surface area contributed by atoms with Crippen LogP contribution < -0.4 is 20.3 Å². The number of rotatable bonds is 10. The number of fused-ring (bicyclic) bond motifs is 1. The van der Waals surface area contributed by atoms with E-state index in [-0.39, 0.29) is 23.0 Å². The van der Waals surface area contributed by atoms with E-state index in [4.69, 9.17) is 14.5 Å². The van der Waals surface area contributed by atoms with Gasteiger partial charge in [0.25, 0.3) is 11.5 Å². The number of carbonyl (C=O) groups excluding carboxylic acids is 2. The maximum absolute atomic E-state index is 13.7. The van der Waals surface area contributed by atoms with E-state index in [1.165, 1.54) is 26.0 Å². The predicted molar refractivity (Wildman–Crippen MR) is 161 cm³/mol. The van der Waals surface area contributed by atoms with Gasteiger partial charge in [-0.2, -0.15) is 0 Å². The fraction of sp³-hybridized carbons (Fsp3) is 0.125. The zero-order chi connectivity index (χ0) is 28.8. The standard InChI is InChI=1S/C32H27N3O5S/c1-39-28-16-14-24(18-29(28)40-2)33-30(37)23-13-15-25-26(17-23)34-32(41-20-27(36)22-11-7-4-8-12-22)35(31(25)38)19-21-9-5-3-6-10-21/h3-18H,19-20H2,1-2H3,(H,33,37). The maximum atomic E-state index is 13.7. The van der Waals surface area contributed by atoms with Gasteiger partial charge in [0.05, 0.1) is 37.4 Å². The molecule has 0 bridgehead atoms. The summed E-state index contributed by atoms with van der Waals surface area (Å²) in [7, 11) is 3.06. The Balaban J connectivity index is 1.48. The molecule has 41 heavy (non-hydrogen) atoms. The summed E-state index contributed by atoms with van der Waals surface area (Å²) < 4.78 is 12.2. The van der Waals surface area contributed by atoms with Gasteiger partial charge in [0.15, 0.2) is 22.4 Å². The Bertz CT molecular complexity index is 1770. The predicted octanol–water partition coefficient (Wildman–Crippen LogP) is 5.69. The van der Waals surface area contributed by atoms with E-state index in [1.54, 1.807) is 53.1 Å². The van der Waals surface area contributed by atoms with Crippen molar-refractivity contribution in [1.29, 1.82) is 0 Å². The van der Waals surface area contributed by atoms with Gasteiger partial charge in [0, 0.05) is 22.9 Å². The number of methoxy groups -OCH3 is 2. The number of carbonyl (C=O) groups is 2.